The molecule has 0 radical (unpaired) electrons. The Bertz CT molecular complexity index is 441. The highest BCUT2D eigenvalue weighted by molar-refractivity contribution is 5.95. The highest BCUT2D eigenvalue weighted by atomic mass is 19.1. The number of carbonyl (C=O) groups excluding carboxylic acids is 1. The van der Waals surface area contributed by atoms with Gasteiger partial charge in [-0.2, -0.15) is 0 Å². The highest BCUT2D eigenvalue weighted by Gasteiger charge is 2.34. The van der Waals surface area contributed by atoms with Gasteiger partial charge in [-0.05, 0) is 24.5 Å². The summed E-state index contributed by atoms with van der Waals surface area (Å²) in [5, 5.41) is 2.69. The molecule has 92 valence electrons. The van der Waals surface area contributed by atoms with Gasteiger partial charge in [-0.15, -0.1) is 0 Å². The maximum Gasteiger partial charge on any atom is 0.251 e. The molecule has 0 aromatic heterocycles. The molecule has 1 amide bonds. The number of benzene rings is 1. The van der Waals surface area contributed by atoms with Crippen LogP contribution >= 0.6 is 0 Å². The van der Waals surface area contributed by atoms with Crippen molar-refractivity contribution >= 4 is 11.6 Å². The molecule has 0 aliphatic heterocycles. The first-order valence-electron chi connectivity index (χ1n) is 5.29. The Morgan fingerprint density at radius 1 is 1.41 bits per heavy atom. The second kappa shape index (κ2) is 4.29. The Kier molecular flexibility index (Phi) is 2.97. The van der Waals surface area contributed by atoms with Gasteiger partial charge in [0.05, 0.1) is 0 Å². The molecule has 17 heavy (non-hydrogen) atoms. The van der Waals surface area contributed by atoms with Gasteiger partial charge in [0.15, 0.2) is 11.6 Å². The Labute approximate surface area is 97.2 Å². The van der Waals surface area contributed by atoms with Gasteiger partial charge in [0, 0.05) is 11.6 Å². The lowest BCUT2D eigenvalue weighted by molar-refractivity contribution is 0.0948. The quantitative estimate of drug-likeness (QED) is 0.553. The Hall–Kier alpha value is -1.69. The molecule has 0 saturated heterocycles. The van der Waals surface area contributed by atoms with E-state index in [1.165, 1.54) is 0 Å². The van der Waals surface area contributed by atoms with Crippen LogP contribution < -0.4 is 16.6 Å². The molecular weight excluding hydrogens is 228 g/mol. The molecule has 4 nitrogen and oxygen atoms in total. The van der Waals surface area contributed by atoms with E-state index in [0.29, 0.717) is 5.92 Å². The van der Waals surface area contributed by atoms with E-state index in [1.54, 1.807) is 0 Å². The third kappa shape index (κ3) is 2.36. The van der Waals surface area contributed by atoms with Gasteiger partial charge in [0.1, 0.15) is 5.69 Å². The second-order valence-electron chi connectivity index (χ2n) is 4.25. The summed E-state index contributed by atoms with van der Waals surface area (Å²) in [5.74, 6) is 3.14. The summed E-state index contributed by atoms with van der Waals surface area (Å²) in [6.45, 7) is 1.99. The number of halogens is 2. The van der Waals surface area contributed by atoms with E-state index in [1.807, 2.05) is 12.3 Å². The third-order valence-corrected chi connectivity index (χ3v) is 2.87. The van der Waals surface area contributed by atoms with Crippen LogP contribution in [0.2, 0.25) is 0 Å². The third-order valence-electron chi connectivity index (χ3n) is 2.87. The summed E-state index contributed by atoms with van der Waals surface area (Å²) in [6.07, 6.45) is 0.902. The largest absolute Gasteiger partial charge is 0.349 e. The summed E-state index contributed by atoms with van der Waals surface area (Å²) in [5.41, 5.74) is 1.42. The number of carbonyl (C=O) groups is 1. The van der Waals surface area contributed by atoms with Crippen molar-refractivity contribution in [2.24, 2.45) is 11.8 Å². The first-order chi connectivity index (χ1) is 8.02. The van der Waals surface area contributed by atoms with Crippen molar-refractivity contribution in [2.75, 3.05) is 5.43 Å². The molecule has 0 spiro atoms. The van der Waals surface area contributed by atoms with Gasteiger partial charge < -0.3 is 10.7 Å². The van der Waals surface area contributed by atoms with Crippen molar-refractivity contribution in [3.05, 3.63) is 29.3 Å². The van der Waals surface area contributed by atoms with Crippen LogP contribution in [0.15, 0.2) is 12.1 Å². The molecule has 1 saturated carbocycles. The number of anilines is 1. The molecule has 2 atom stereocenters. The van der Waals surface area contributed by atoms with Crippen LogP contribution in [0.5, 0.6) is 0 Å². The minimum atomic E-state index is -0.888. The van der Waals surface area contributed by atoms with Gasteiger partial charge in [0.25, 0.3) is 5.91 Å². The molecule has 1 fully saturated rings. The van der Waals surface area contributed by atoms with E-state index >= 15 is 0 Å². The monoisotopic (exact) mass is 241 g/mol. The average molecular weight is 241 g/mol. The fourth-order valence-electron chi connectivity index (χ4n) is 1.62. The first-order valence-corrected chi connectivity index (χ1v) is 5.29. The van der Waals surface area contributed by atoms with Crippen molar-refractivity contribution in [2.45, 2.75) is 19.4 Å². The predicted molar refractivity (Wildman–Crippen MR) is 59.2 cm³/mol. The maximum atomic E-state index is 13.3. The van der Waals surface area contributed by atoms with Gasteiger partial charge >= 0.3 is 0 Å². The number of nitrogens with one attached hydrogen (secondary N) is 2. The number of amides is 1. The predicted octanol–water partition coefficient (Wildman–Crippen LogP) is 1.39. The molecule has 1 aliphatic rings. The number of hydrazine groups is 1. The van der Waals surface area contributed by atoms with Gasteiger partial charge in [-0.3, -0.25) is 10.6 Å². The van der Waals surface area contributed by atoms with Gasteiger partial charge in [-0.25, -0.2) is 8.78 Å². The molecule has 1 aromatic carbocycles. The molecule has 6 heteroatoms. The van der Waals surface area contributed by atoms with E-state index in [4.69, 9.17) is 5.84 Å². The lowest BCUT2D eigenvalue weighted by atomic mass is 10.1. The van der Waals surface area contributed by atoms with E-state index in [2.05, 4.69) is 5.32 Å². The van der Waals surface area contributed by atoms with E-state index in [0.717, 1.165) is 18.6 Å². The summed E-state index contributed by atoms with van der Waals surface area (Å²) >= 11 is 0. The van der Waals surface area contributed by atoms with Crippen molar-refractivity contribution in [3.8, 4) is 0 Å². The van der Waals surface area contributed by atoms with Gasteiger partial charge in [0.2, 0.25) is 0 Å². The topological polar surface area (TPSA) is 67.2 Å². The summed E-state index contributed by atoms with van der Waals surface area (Å²) in [6, 6.07) is 2.03. The van der Waals surface area contributed by atoms with E-state index < -0.39 is 23.2 Å². The van der Waals surface area contributed by atoms with Crippen molar-refractivity contribution in [1.82, 2.24) is 5.32 Å². The fraction of sp³-hybridized carbons (Fsp3) is 0.364. The van der Waals surface area contributed by atoms with Crippen molar-refractivity contribution in [3.63, 3.8) is 0 Å². The zero-order valence-corrected chi connectivity index (χ0v) is 9.26. The van der Waals surface area contributed by atoms with Crippen LogP contribution in [0.25, 0.3) is 0 Å². The highest BCUT2D eigenvalue weighted by Crippen LogP contribution is 2.29. The second-order valence-corrected chi connectivity index (χ2v) is 4.25. The first kappa shape index (κ1) is 11.8. The molecule has 0 bridgehead atoms. The van der Waals surface area contributed by atoms with Crippen LogP contribution in [0, 0.1) is 17.6 Å². The smallest absolute Gasteiger partial charge is 0.251 e. The van der Waals surface area contributed by atoms with Crippen LogP contribution in [0.3, 0.4) is 0 Å². The van der Waals surface area contributed by atoms with Crippen LogP contribution in [0.1, 0.15) is 23.7 Å². The minimum absolute atomic E-state index is 0.0434. The summed E-state index contributed by atoms with van der Waals surface area (Å²) < 4.78 is 26.7. The maximum absolute atomic E-state index is 13.3. The lowest BCUT2D eigenvalue weighted by Crippen LogP contribution is -2.27. The van der Waals surface area contributed by atoms with E-state index in [9.17, 15) is 13.6 Å². The fourth-order valence-corrected chi connectivity index (χ4v) is 1.62. The number of nitrogens with two attached hydrogens (primary N) is 1. The SMILES string of the molecule is CC1CC1NC(=O)c1cc(F)c(NN)c(F)c1. The number of rotatable bonds is 3. The number of hydrogen-bond donors (Lipinski definition) is 3. The Morgan fingerprint density at radius 2 is 1.94 bits per heavy atom. The number of nitrogen functional groups attached to an aromatic ring is 1. The summed E-state index contributed by atoms with van der Waals surface area (Å²) in [7, 11) is 0. The van der Waals surface area contributed by atoms with Crippen LogP contribution in [0.4, 0.5) is 14.5 Å². The van der Waals surface area contributed by atoms with E-state index in [-0.39, 0.29) is 11.6 Å². The van der Waals surface area contributed by atoms with Crippen LogP contribution in [-0.4, -0.2) is 11.9 Å². The molecule has 1 aromatic rings. The van der Waals surface area contributed by atoms with Crippen LogP contribution in [-0.2, 0) is 0 Å². The molecule has 2 unspecified atom stereocenters. The van der Waals surface area contributed by atoms with Crippen molar-refractivity contribution in [1.29, 1.82) is 0 Å². The Balaban J connectivity index is 2.18. The summed E-state index contributed by atoms with van der Waals surface area (Å²) in [4.78, 5) is 11.6. The number of hydrogen-bond acceptors (Lipinski definition) is 3. The molecule has 4 N–H and O–H groups in total. The lowest BCUT2D eigenvalue weighted by Gasteiger charge is -2.08. The molecular formula is C11H13F2N3O. The minimum Gasteiger partial charge on any atom is -0.349 e. The van der Waals surface area contributed by atoms with Crippen molar-refractivity contribution < 1.29 is 13.6 Å². The van der Waals surface area contributed by atoms with Gasteiger partial charge in [-0.1, -0.05) is 6.92 Å². The molecule has 1 aliphatic carbocycles. The normalized spacial score (nSPS) is 22.1. The molecule has 2 rings (SSSR count). The standard InChI is InChI=1S/C11H13F2N3O/c1-5-2-9(5)15-11(17)6-3-7(12)10(16-14)8(13)4-6/h3-5,9,16H,2,14H2,1H3,(H,15,17). The zero-order chi connectivity index (χ0) is 12.6. The Morgan fingerprint density at radius 3 is 2.35 bits per heavy atom. The molecule has 0 heterocycles. The zero-order valence-electron chi connectivity index (χ0n) is 9.26. The average Bonchev–Trinajstić information content (AvgIpc) is 2.93.